The lowest BCUT2D eigenvalue weighted by Crippen LogP contribution is -2.42. The van der Waals surface area contributed by atoms with E-state index >= 15 is 0 Å². The molecule has 1 saturated heterocycles. The molecule has 1 aliphatic heterocycles. The molecule has 1 aromatic rings. The van der Waals surface area contributed by atoms with Crippen molar-refractivity contribution in [2.75, 3.05) is 30.7 Å². The van der Waals surface area contributed by atoms with E-state index in [0.717, 1.165) is 26.1 Å². The molecule has 1 atom stereocenters. The lowest BCUT2D eigenvalue weighted by Gasteiger charge is -2.32. The Kier molecular flexibility index (Phi) is 3.96. The van der Waals surface area contributed by atoms with Crippen molar-refractivity contribution in [1.29, 1.82) is 0 Å². The molecule has 7 heteroatoms. The second-order valence-electron chi connectivity index (χ2n) is 4.16. The summed E-state index contributed by atoms with van der Waals surface area (Å²) >= 11 is 5.73. The fourth-order valence-corrected chi connectivity index (χ4v) is 2.24. The first-order valence-corrected chi connectivity index (χ1v) is 6.21. The first-order chi connectivity index (χ1) is 8.17. The van der Waals surface area contributed by atoms with E-state index in [4.69, 9.17) is 17.3 Å². The number of rotatable bonds is 3. The minimum Gasteiger partial charge on any atom is -0.368 e. The molecule has 3 N–H and O–H groups in total. The molecule has 1 unspecified atom stereocenters. The molecule has 0 aliphatic carbocycles. The normalized spacial score (nSPS) is 21.4. The van der Waals surface area contributed by atoms with Gasteiger partial charge in [0.05, 0.1) is 0 Å². The van der Waals surface area contributed by atoms with Crippen molar-refractivity contribution in [3.8, 4) is 0 Å². The Morgan fingerprint density at radius 3 is 3.00 bits per heavy atom. The topological polar surface area (TPSA) is 80.0 Å². The number of hydrogen-bond acceptors (Lipinski definition) is 6. The Balaban J connectivity index is 2.00. The van der Waals surface area contributed by atoms with E-state index in [1.54, 1.807) is 0 Å². The summed E-state index contributed by atoms with van der Waals surface area (Å²) in [5, 5.41) is 3.39. The van der Waals surface area contributed by atoms with Gasteiger partial charge in [-0.1, -0.05) is 6.92 Å². The highest BCUT2D eigenvalue weighted by Gasteiger charge is 2.19. The third-order valence-corrected chi connectivity index (χ3v) is 3.08. The molecule has 1 aromatic heterocycles. The van der Waals surface area contributed by atoms with Crippen LogP contribution in [0.15, 0.2) is 0 Å². The van der Waals surface area contributed by atoms with Crippen LogP contribution in [0.4, 0.5) is 11.9 Å². The van der Waals surface area contributed by atoms with Crippen molar-refractivity contribution < 1.29 is 0 Å². The monoisotopic (exact) mass is 256 g/mol. The van der Waals surface area contributed by atoms with Crippen molar-refractivity contribution >= 4 is 23.5 Å². The quantitative estimate of drug-likeness (QED) is 0.840. The van der Waals surface area contributed by atoms with Crippen molar-refractivity contribution in [3.63, 3.8) is 0 Å². The molecule has 0 amide bonds. The molecular weight excluding hydrogens is 240 g/mol. The van der Waals surface area contributed by atoms with Gasteiger partial charge in [0.1, 0.15) is 0 Å². The number of hydrogen-bond donors (Lipinski definition) is 2. The number of aromatic nitrogens is 3. The summed E-state index contributed by atoms with van der Waals surface area (Å²) in [7, 11) is 0. The van der Waals surface area contributed by atoms with Crippen LogP contribution in [-0.4, -0.2) is 45.5 Å². The molecule has 0 aromatic carbocycles. The Morgan fingerprint density at radius 2 is 2.29 bits per heavy atom. The van der Waals surface area contributed by atoms with Crippen molar-refractivity contribution in [3.05, 3.63) is 5.28 Å². The number of nitrogens with one attached hydrogen (secondary N) is 1. The highest BCUT2D eigenvalue weighted by molar-refractivity contribution is 6.28. The van der Waals surface area contributed by atoms with Gasteiger partial charge in [-0.15, -0.1) is 0 Å². The largest absolute Gasteiger partial charge is 0.368 e. The predicted molar refractivity (Wildman–Crippen MR) is 68.0 cm³/mol. The van der Waals surface area contributed by atoms with Crippen LogP contribution >= 0.6 is 11.6 Å². The summed E-state index contributed by atoms with van der Waals surface area (Å²) in [6, 6.07) is 0.349. The Hall–Kier alpha value is -1.14. The molecule has 1 fully saturated rings. The van der Waals surface area contributed by atoms with Gasteiger partial charge in [-0.2, -0.15) is 15.0 Å². The molecule has 1 aliphatic rings. The van der Waals surface area contributed by atoms with Crippen LogP contribution in [0.5, 0.6) is 0 Å². The summed E-state index contributed by atoms with van der Waals surface area (Å²) in [6.45, 7) is 5.40. The van der Waals surface area contributed by atoms with Crippen LogP contribution in [-0.2, 0) is 0 Å². The Morgan fingerprint density at radius 1 is 1.47 bits per heavy atom. The zero-order chi connectivity index (χ0) is 12.3. The average Bonchev–Trinajstić information content (AvgIpc) is 2.28. The summed E-state index contributed by atoms with van der Waals surface area (Å²) in [5.74, 6) is 0.612. The van der Waals surface area contributed by atoms with E-state index < -0.39 is 0 Å². The fraction of sp³-hybridized carbons (Fsp3) is 0.700. The number of nitrogens with zero attached hydrogens (tertiary/aromatic N) is 4. The molecule has 0 spiro atoms. The lowest BCUT2D eigenvalue weighted by atomic mass is 10.1. The molecule has 2 heterocycles. The summed E-state index contributed by atoms with van der Waals surface area (Å²) in [4.78, 5) is 14.2. The molecule has 0 radical (unpaired) electrons. The summed E-state index contributed by atoms with van der Waals surface area (Å²) < 4.78 is 0. The zero-order valence-electron chi connectivity index (χ0n) is 9.86. The van der Waals surface area contributed by atoms with Gasteiger partial charge in [0, 0.05) is 12.6 Å². The third-order valence-electron chi connectivity index (χ3n) is 2.91. The van der Waals surface area contributed by atoms with Crippen molar-refractivity contribution in [2.24, 2.45) is 0 Å². The summed E-state index contributed by atoms with van der Waals surface area (Å²) in [6.07, 6.45) is 2.29. The van der Waals surface area contributed by atoms with Crippen LogP contribution in [0.2, 0.25) is 5.28 Å². The maximum Gasteiger partial charge on any atom is 0.229 e. The lowest BCUT2D eigenvalue weighted by molar-refractivity contribution is 0.226. The number of halogens is 1. The molecule has 2 rings (SSSR count). The van der Waals surface area contributed by atoms with Gasteiger partial charge in [-0.05, 0) is 37.5 Å². The van der Waals surface area contributed by atoms with Crippen molar-refractivity contribution in [1.82, 2.24) is 19.9 Å². The zero-order valence-corrected chi connectivity index (χ0v) is 10.6. The minimum atomic E-state index is 0.128. The van der Waals surface area contributed by atoms with E-state index in [2.05, 4.69) is 32.1 Å². The van der Waals surface area contributed by atoms with Gasteiger partial charge in [0.25, 0.3) is 0 Å². The van der Waals surface area contributed by atoms with Gasteiger partial charge < -0.3 is 16.0 Å². The molecule has 0 bridgehead atoms. The van der Waals surface area contributed by atoms with Crippen LogP contribution in [0.1, 0.15) is 19.8 Å². The first-order valence-electron chi connectivity index (χ1n) is 5.83. The highest BCUT2D eigenvalue weighted by Crippen LogP contribution is 2.14. The number of likely N-dealkylation sites (N-methyl/N-ethyl adjacent to an activating group) is 1. The Bertz CT molecular complexity index is 365. The summed E-state index contributed by atoms with van der Waals surface area (Å²) in [5.41, 5.74) is 5.52. The molecule has 0 saturated carbocycles. The van der Waals surface area contributed by atoms with Gasteiger partial charge in [-0.25, -0.2) is 0 Å². The van der Waals surface area contributed by atoms with Gasteiger partial charge in [0.15, 0.2) is 0 Å². The number of nitrogens with two attached hydrogens (primary N) is 1. The third kappa shape index (κ3) is 3.41. The maximum absolute atomic E-state index is 5.73. The van der Waals surface area contributed by atoms with E-state index in [1.165, 1.54) is 6.42 Å². The van der Waals surface area contributed by atoms with Gasteiger partial charge in [-0.3, -0.25) is 0 Å². The SMILES string of the molecule is CCN1CCCC(Nc2nc(N)nc(Cl)n2)C1. The van der Waals surface area contributed by atoms with E-state index in [1.807, 2.05) is 0 Å². The van der Waals surface area contributed by atoms with Crippen LogP contribution in [0, 0.1) is 0 Å². The number of likely N-dealkylation sites (tertiary alicyclic amines) is 1. The Labute approximate surface area is 106 Å². The fourth-order valence-electron chi connectivity index (χ4n) is 2.07. The molecular formula is C10H17ClN6. The van der Waals surface area contributed by atoms with E-state index in [-0.39, 0.29) is 11.2 Å². The minimum absolute atomic E-state index is 0.128. The van der Waals surface area contributed by atoms with Crippen LogP contribution in [0.25, 0.3) is 0 Å². The highest BCUT2D eigenvalue weighted by atomic mass is 35.5. The second kappa shape index (κ2) is 5.46. The number of piperidine rings is 1. The first kappa shape index (κ1) is 12.3. The van der Waals surface area contributed by atoms with E-state index in [9.17, 15) is 0 Å². The van der Waals surface area contributed by atoms with Gasteiger partial charge in [0.2, 0.25) is 17.2 Å². The maximum atomic E-state index is 5.73. The van der Waals surface area contributed by atoms with Crippen LogP contribution in [0.3, 0.4) is 0 Å². The van der Waals surface area contributed by atoms with E-state index in [0.29, 0.717) is 12.0 Å². The molecule has 6 nitrogen and oxygen atoms in total. The molecule has 17 heavy (non-hydrogen) atoms. The van der Waals surface area contributed by atoms with Gasteiger partial charge >= 0.3 is 0 Å². The second-order valence-corrected chi connectivity index (χ2v) is 4.50. The smallest absolute Gasteiger partial charge is 0.229 e. The standard InChI is InChI=1S/C10H17ClN6/c1-2-17-5-3-4-7(6-17)13-10-15-8(11)14-9(12)16-10/h7H,2-6H2,1H3,(H3,12,13,14,15,16). The van der Waals surface area contributed by atoms with Crippen molar-refractivity contribution in [2.45, 2.75) is 25.8 Å². The number of nitrogen functional groups attached to an aromatic ring is 1. The number of anilines is 2. The van der Waals surface area contributed by atoms with Crippen LogP contribution < -0.4 is 11.1 Å². The predicted octanol–water partition coefficient (Wildman–Crippen LogP) is 1.00. The average molecular weight is 257 g/mol. The molecule has 94 valence electrons.